The minimum atomic E-state index is -4.85. The predicted molar refractivity (Wildman–Crippen MR) is 84.9 cm³/mol. The van der Waals surface area contributed by atoms with Crippen LogP contribution < -0.4 is 0 Å². The molecule has 9 heteroatoms. The van der Waals surface area contributed by atoms with Gasteiger partial charge in [0, 0.05) is 0 Å². The molecule has 1 aromatic carbocycles. The molecule has 0 spiro atoms. The molecule has 0 aliphatic carbocycles. The zero-order valence-electron chi connectivity index (χ0n) is 13.3. The number of aromatic hydroxyl groups is 1. The van der Waals surface area contributed by atoms with E-state index in [0.29, 0.717) is 6.42 Å². The highest BCUT2D eigenvalue weighted by Gasteiger charge is 2.30. The van der Waals surface area contributed by atoms with Crippen molar-refractivity contribution in [1.82, 2.24) is 0 Å². The van der Waals surface area contributed by atoms with Crippen molar-refractivity contribution in [2.45, 2.75) is 61.7 Å². The molecule has 0 aliphatic rings. The Morgan fingerprint density at radius 1 is 0.957 bits per heavy atom. The maximum Gasteiger partial charge on any atom is 0.298 e. The normalized spacial score (nSPS) is 13.3. The molecule has 0 aromatic heterocycles. The zero-order valence-corrected chi connectivity index (χ0v) is 14.9. The third-order valence-corrected chi connectivity index (χ3v) is 5.52. The van der Waals surface area contributed by atoms with Crippen molar-refractivity contribution in [2.75, 3.05) is 0 Å². The summed E-state index contributed by atoms with van der Waals surface area (Å²) in [5.41, 5.74) is -0.325. The van der Waals surface area contributed by atoms with Crippen molar-refractivity contribution < 1.29 is 31.0 Å². The van der Waals surface area contributed by atoms with Gasteiger partial charge >= 0.3 is 0 Å². The first-order chi connectivity index (χ1) is 10.3. The monoisotopic (exact) mass is 366 g/mol. The summed E-state index contributed by atoms with van der Waals surface area (Å²) in [4.78, 5) is -1.88. The van der Waals surface area contributed by atoms with Gasteiger partial charge in [0.2, 0.25) is 0 Å². The lowest BCUT2D eigenvalue weighted by Gasteiger charge is -2.26. The summed E-state index contributed by atoms with van der Waals surface area (Å²) >= 11 is 0. The molecule has 1 rings (SSSR count). The van der Waals surface area contributed by atoms with Gasteiger partial charge in [-0.1, -0.05) is 40.0 Å². The van der Waals surface area contributed by atoms with Crippen molar-refractivity contribution in [2.24, 2.45) is 0 Å². The van der Waals surface area contributed by atoms with Gasteiger partial charge in [-0.15, -0.1) is 0 Å². The van der Waals surface area contributed by atoms with Crippen LogP contribution in [-0.2, 0) is 25.7 Å². The summed E-state index contributed by atoms with van der Waals surface area (Å²) < 4.78 is 64.0. The Morgan fingerprint density at radius 2 is 1.39 bits per heavy atom. The van der Waals surface area contributed by atoms with E-state index in [2.05, 4.69) is 0 Å². The average Bonchev–Trinajstić information content (AvgIpc) is 2.36. The molecule has 0 unspecified atom stereocenters. The quantitative estimate of drug-likeness (QED) is 0.500. The number of hydrogen-bond donors (Lipinski definition) is 3. The summed E-state index contributed by atoms with van der Waals surface area (Å²) in [5, 5.41) is 9.79. The summed E-state index contributed by atoms with van der Waals surface area (Å²) in [6.45, 7) is 5.60. The minimum absolute atomic E-state index is 0.284. The van der Waals surface area contributed by atoms with Crippen LogP contribution in [0.3, 0.4) is 0 Å². The van der Waals surface area contributed by atoms with E-state index < -0.39 is 41.2 Å². The number of phenols is 1. The summed E-state index contributed by atoms with van der Waals surface area (Å²) in [5.74, 6) is -1.19. The minimum Gasteiger partial charge on any atom is -0.505 e. The molecular formula is C14H22O7S2. The second-order valence-corrected chi connectivity index (χ2v) is 8.89. The van der Waals surface area contributed by atoms with E-state index in [1.807, 2.05) is 6.92 Å². The third-order valence-electron chi connectivity index (χ3n) is 3.78. The molecule has 23 heavy (non-hydrogen) atoms. The van der Waals surface area contributed by atoms with Crippen LogP contribution in [-0.4, -0.2) is 31.0 Å². The van der Waals surface area contributed by atoms with Gasteiger partial charge in [0.1, 0.15) is 9.79 Å². The van der Waals surface area contributed by atoms with Crippen LogP contribution in [0.1, 0.15) is 52.0 Å². The maximum absolute atomic E-state index is 11.4. The number of unbranched alkanes of at least 4 members (excludes halogenated alkanes) is 2. The van der Waals surface area contributed by atoms with E-state index in [4.69, 9.17) is 0 Å². The van der Waals surface area contributed by atoms with Gasteiger partial charge in [-0.25, -0.2) is 0 Å². The Hall–Kier alpha value is -1.16. The molecular weight excluding hydrogens is 344 g/mol. The molecule has 0 bridgehead atoms. The number of rotatable bonds is 7. The molecule has 0 aliphatic heterocycles. The summed E-state index contributed by atoms with van der Waals surface area (Å²) in [7, 11) is -9.70. The highest BCUT2D eigenvalue weighted by molar-refractivity contribution is 7.86. The van der Waals surface area contributed by atoms with Crippen molar-refractivity contribution in [3.8, 4) is 5.75 Å². The van der Waals surface area contributed by atoms with E-state index in [-0.39, 0.29) is 5.56 Å². The Kier molecular flexibility index (Phi) is 5.84. The smallest absolute Gasteiger partial charge is 0.298 e. The summed E-state index contributed by atoms with van der Waals surface area (Å²) in [6, 6.07) is 2.07. The molecule has 0 atom stereocenters. The third kappa shape index (κ3) is 4.90. The summed E-state index contributed by atoms with van der Waals surface area (Å²) in [6.07, 6.45) is 3.42. The topological polar surface area (TPSA) is 129 Å². The fourth-order valence-corrected chi connectivity index (χ4v) is 3.65. The van der Waals surface area contributed by atoms with Crippen LogP contribution in [0.15, 0.2) is 21.9 Å². The second-order valence-electron chi connectivity index (χ2n) is 6.11. The number of phenolic OH excluding ortho intramolecular Hbond substituents is 1. The van der Waals surface area contributed by atoms with E-state index in [1.54, 1.807) is 13.8 Å². The standard InChI is InChI=1S/C14H22O7S2/c1-4-5-6-7-14(2,3)10-8-11(22(16,17)18)13(15)12(9-10)23(19,20)21/h8-9,15H,4-7H2,1-3H3,(H,16,17,18)(H,19,20,21). The van der Waals surface area contributed by atoms with Gasteiger partial charge in [-0.05, 0) is 29.5 Å². The Labute approximate surface area is 136 Å². The maximum atomic E-state index is 11.4. The lowest BCUT2D eigenvalue weighted by Crippen LogP contribution is -2.19. The molecule has 1 aromatic rings. The Balaban J connectivity index is 3.57. The Morgan fingerprint density at radius 3 is 1.74 bits per heavy atom. The molecule has 0 fully saturated rings. The highest BCUT2D eigenvalue weighted by Crippen LogP contribution is 2.38. The lowest BCUT2D eigenvalue weighted by molar-refractivity contribution is 0.414. The largest absolute Gasteiger partial charge is 0.505 e. The van der Waals surface area contributed by atoms with Crippen molar-refractivity contribution in [3.63, 3.8) is 0 Å². The average molecular weight is 366 g/mol. The molecule has 3 N–H and O–H groups in total. The molecule has 0 amide bonds. The first-order valence-corrected chi connectivity index (χ1v) is 10.0. The predicted octanol–water partition coefficient (Wildman–Crippen LogP) is 2.74. The first-order valence-electron chi connectivity index (χ1n) is 7.13. The molecule has 132 valence electrons. The highest BCUT2D eigenvalue weighted by atomic mass is 32.2. The van der Waals surface area contributed by atoms with Crippen LogP contribution in [0.5, 0.6) is 5.75 Å². The van der Waals surface area contributed by atoms with Crippen LogP contribution in [0.2, 0.25) is 0 Å². The van der Waals surface area contributed by atoms with Gasteiger partial charge in [-0.2, -0.15) is 16.8 Å². The van der Waals surface area contributed by atoms with Crippen molar-refractivity contribution in [3.05, 3.63) is 17.7 Å². The van der Waals surface area contributed by atoms with Gasteiger partial charge in [0.05, 0.1) is 0 Å². The molecule has 0 saturated carbocycles. The first kappa shape index (κ1) is 19.9. The molecule has 0 heterocycles. The van der Waals surface area contributed by atoms with E-state index in [1.165, 1.54) is 0 Å². The number of hydrogen-bond acceptors (Lipinski definition) is 5. The molecule has 7 nitrogen and oxygen atoms in total. The van der Waals surface area contributed by atoms with E-state index in [0.717, 1.165) is 31.4 Å². The fraction of sp³-hybridized carbons (Fsp3) is 0.571. The van der Waals surface area contributed by atoms with Crippen molar-refractivity contribution in [1.29, 1.82) is 0 Å². The van der Waals surface area contributed by atoms with Gasteiger partial charge in [0.25, 0.3) is 20.2 Å². The van der Waals surface area contributed by atoms with Crippen molar-refractivity contribution >= 4 is 20.2 Å². The second kappa shape index (κ2) is 6.76. The lowest BCUT2D eigenvalue weighted by atomic mass is 9.80. The zero-order chi connectivity index (χ0) is 18.1. The number of benzene rings is 1. The van der Waals surface area contributed by atoms with Crippen LogP contribution in [0.4, 0.5) is 0 Å². The fourth-order valence-electron chi connectivity index (χ4n) is 2.33. The van der Waals surface area contributed by atoms with E-state index in [9.17, 15) is 31.0 Å². The Bertz CT molecular complexity index is 724. The van der Waals surface area contributed by atoms with Gasteiger partial charge < -0.3 is 5.11 Å². The van der Waals surface area contributed by atoms with Crippen LogP contribution in [0.25, 0.3) is 0 Å². The SMILES string of the molecule is CCCCCC(C)(C)c1cc(S(=O)(=O)O)c(O)c(S(=O)(=O)O)c1. The van der Waals surface area contributed by atoms with E-state index >= 15 is 0 Å². The van der Waals surface area contributed by atoms with Crippen LogP contribution in [0, 0.1) is 0 Å². The van der Waals surface area contributed by atoms with Gasteiger partial charge in [-0.3, -0.25) is 9.11 Å². The van der Waals surface area contributed by atoms with Gasteiger partial charge in [0.15, 0.2) is 5.75 Å². The molecule has 0 radical (unpaired) electrons. The van der Waals surface area contributed by atoms with Crippen LogP contribution >= 0.6 is 0 Å². The molecule has 0 saturated heterocycles.